The molecule has 2 heterocycles. The Hall–Kier alpha value is -2.53. The fourth-order valence-corrected chi connectivity index (χ4v) is 5.00. The van der Waals surface area contributed by atoms with E-state index in [0.717, 1.165) is 45.1 Å². The molecule has 2 aliphatic heterocycles. The average Bonchev–Trinajstić information content (AvgIpc) is 3.11. The molecular weight excluding hydrogens is 567 g/mol. The first-order valence-electron chi connectivity index (χ1n) is 11.0. The van der Waals surface area contributed by atoms with E-state index in [1.807, 2.05) is 24.3 Å². The molecule has 2 aliphatic rings. The lowest BCUT2D eigenvalue weighted by molar-refractivity contribution is -0.136. The minimum absolute atomic E-state index is 0.181. The highest BCUT2D eigenvalue weighted by Gasteiger charge is 2.37. The summed E-state index contributed by atoms with van der Waals surface area (Å²) in [7, 11) is 1.55. The van der Waals surface area contributed by atoms with Crippen molar-refractivity contribution < 1.29 is 23.9 Å². The molecule has 0 N–H and O–H groups in total. The van der Waals surface area contributed by atoms with E-state index >= 15 is 0 Å². The summed E-state index contributed by atoms with van der Waals surface area (Å²) in [6.45, 7) is 1.55. The van der Waals surface area contributed by atoms with Crippen molar-refractivity contribution in [3.8, 4) is 11.5 Å². The van der Waals surface area contributed by atoms with Gasteiger partial charge in [0.25, 0.3) is 11.1 Å². The molecule has 0 spiro atoms. The van der Waals surface area contributed by atoms with E-state index in [-0.39, 0.29) is 17.4 Å². The highest BCUT2D eigenvalue weighted by molar-refractivity contribution is 14.1. The zero-order chi connectivity index (χ0) is 24.1. The van der Waals surface area contributed by atoms with Gasteiger partial charge in [-0.1, -0.05) is 18.2 Å². The SMILES string of the molecule is COc1cc(/C=C2\SC(=O)N(CC(=O)N3CCCCC3)C2=O)ccc1OCc1ccc(I)cc1. The number of methoxy groups -OCH3 is 1. The number of benzene rings is 2. The van der Waals surface area contributed by atoms with Crippen molar-refractivity contribution >= 4 is 57.5 Å². The monoisotopic (exact) mass is 592 g/mol. The maximum absolute atomic E-state index is 12.8. The summed E-state index contributed by atoms with van der Waals surface area (Å²) in [4.78, 5) is 40.8. The van der Waals surface area contributed by atoms with E-state index in [2.05, 4.69) is 22.6 Å². The predicted molar refractivity (Wildman–Crippen MR) is 140 cm³/mol. The lowest BCUT2D eigenvalue weighted by Crippen LogP contribution is -2.44. The average molecular weight is 592 g/mol. The quantitative estimate of drug-likeness (QED) is 0.336. The van der Waals surface area contributed by atoms with Gasteiger partial charge < -0.3 is 14.4 Å². The van der Waals surface area contributed by atoms with Gasteiger partial charge in [0.05, 0.1) is 12.0 Å². The van der Waals surface area contributed by atoms with E-state index in [1.54, 1.807) is 36.3 Å². The maximum atomic E-state index is 12.8. The smallest absolute Gasteiger partial charge is 0.294 e. The zero-order valence-corrected chi connectivity index (χ0v) is 21.8. The Labute approximate surface area is 216 Å². The Balaban J connectivity index is 1.43. The third kappa shape index (κ3) is 5.93. The van der Waals surface area contributed by atoms with Crippen LogP contribution in [-0.4, -0.2) is 53.6 Å². The fraction of sp³-hybridized carbons (Fsp3) is 0.320. The normalized spacial score (nSPS) is 17.4. The third-order valence-electron chi connectivity index (χ3n) is 5.67. The molecule has 9 heteroatoms. The van der Waals surface area contributed by atoms with Gasteiger partial charge >= 0.3 is 0 Å². The molecule has 0 aliphatic carbocycles. The number of imide groups is 1. The summed E-state index contributed by atoms with van der Waals surface area (Å²) < 4.78 is 12.5. The van der Waals surface area contributed by atoms with Crippen LogP contribution in [-0.2, 0) is 16.2 Å². The van der Waals surface area contributed by atoms with Crippen LogP contribution < -0.4 is 9.47 Å². The lowest BCUT2D eigenvalue weighted by atomic mass is 10.1. The van der Waals surface area contributed by atoms with Gasteiger partial charge in [0.1, 0.15) is 13.2 Å². The number of nitrogens with zero attached hydrogens (tertiary/aromatic N) is 2. The molecule has 0 atom stereocenters. The Bertz CT molecular complexity index is 1110. The first kappa shape index (κ1) is 24.6. The number of rotatable bonds is 7. The van der Waals surface area contributed by atoms with E-state index < -0.39 is 11.1 Å². The van der Waals surface area contributed by atoms with Gasteiger partial charge in [-0.05, 0) is 95.1 Å². The van der Waals surface area contributed by atoms with Crippen LogP contribution in [0.4, 0.5) is 4.79 Å². The number of thioether (sulfide) groups is 1. The van der Waals surface area contributed by atoms with Crippen molar-refractivity contribution in [2.45, 2.75) is 25.9 Å². The number of amides is 3. The van der Waals surface area contributed by atoms with E-state index in [9.17, 15) is 14.4 Å². The Morgan fingerprint density at radius 1 is 1.06 bits per heavy atom. The molecule has 0 aromatic heterocycles. The van der Waals surface area contributed by atoms with Crippen LogP contribution in [0.25, 0.3) is 6.08 Å². The largest absolute Gasteiger partial charge is 0.493 e. The Morgan fingerprint density at radius 2 is 1.79 bits per heavy atom. The predicted octanol–water partition coefficient (Wildman–Crippen LogP) is 4.93. The Kier molecular flexibility index (Phi) is 8.15. The molecule has 4 rings (SSSR count). The molecule has 2 aromatic carbocycles. The van der Waals surface area contributed by atoms with E-state index in [4.69, 9.17) is 9.47 Å². The fourth-order valence-electron chi connectivity index (χ4n) is 3.80. The molecule has 0 radical (unpaired) electrons. The van der Waals surface area contributed by atoms with Gasteiger partial charge in [-0.2, -0.15) is 0 Å². The van der Waals surface area contributed by atoms with Crippen LogP contribution in [0.2, 0.25) is 0 Å². The van der Waals surface area contributed by atoms with Crippen molar-refractivity contribution in [3.05, 3.63) is 62.1 Å². The number of halogens is 1. The van der Waals surface area contributed by atoms with Crippen LogP contribution in [0.1, 0.15) is 30.4 Å². The molecule has 3 amide bonds. The number of carbonyl (C=O) groups excluding carboxylic acids is 3. The van der Waals surface area contributed by atoms with Gasteiger partial charge in [-0.25, -0.2) is 0 Å². The number of hydrogen-bond donors (Lipinski definition) is 0. The molecule has 0 saturated carbocycles. The maximum Gasteiger partial charge on any atom is 0.294 e. The minimum atomic E-state index is -0.446. The number of ether oxygens (including phenoxy) is 2. The summed E-state index contributed by atoms with van der Waals surface area (Å²) >= 11 is 3.10. The number of carbonyl (C=O) groups is 3. The second-order valence-corrected chi connectivity index (χ2v) is 10.3. The van der Waals surface area contributed by atoms with Crippen LogP contribution in [0.15, 0.2) is 47.4 Å². The molecule has 178 valence electrons. The standard InChI is InChI=1S/C25H25IN2O5S/c1-32-21-13-18(7-10-20(21)33-16-17-5-8-19(26)9-6-17)14-22-24(30)28(25(31)34-22)15-23(29)27-11-3-2-4-12-27/h5-10,13-14H,2-4,11-12,15-16H2,1H3/b22-14-. The number of likely N-dealkylation sites (tertiary alicyclic amines) is 1. The second-order valence-electron chi connectivity index (χ2n) is 8.03. The molecule has 2 aromatic rings. The number of piperidine rings is 1. The first-order chi connectivity index (χ1) is 16.4. The van der Waals surface area contributed by atoms with Crippen LogP contribution in [0.5, 0.6) is 11.5 Å². The zero-order valence-electron chi connectivity index (χ0n) is 18.8. The second kappa shape index (κ2) is 11.3. The molecule has 34 heavy (non-hydrogen) atoms. The first-order valence-corrected chi connectivity index (χ1v) is 12.9. The highest BCUT2D eigenvalue weighted by Crippen LogP contribution is 2.35. The Morgan fingerprint density at radius 3 is 2.50 bits per heavy atom. The molecule has 0 bridgehead atoms. The van der Waals surface area contributed by atoms with Crippen molar-refractivity contribution in [2.24, 2.45) is 0 Å². The van der Waals surface area contributed by atoms with E-state index in [1.165, 1.54) is 0 Å². The van der Waals surface area contributed by atoms with Gasteiger partial charge in [0.15, 0.2) is 11.5 Å². The summed E-state index contributed by atoms with van der Waals surface area (Å²) in [5.41, 5.74) is 1.74. The molecular formula is C25H25IN2O5S. The summed E-state index contributed by atoms with van der Waals surface area (Å²) in [6.07, 6.45) is 4.66. The van der Waals surface area contributed by atoms with E-state index in [0.29, 0.717) is 36.8 Å². The summed E-state index contributed by atoms with van der Waals surface area (Å²) in [6, 6.07) is 13.4. The summed E-state index contributed by atoms with van der Waals surface area (Å²) in [5.74, 6) is 0.482. The molecule has 7 nitrogen and oxygen atoms in total. The lowest BCUT2D eigenvalue weighted by Gasteiger charge is -2.27. The van der Waals surface area contributed by atoms with Crippen LogP contribution >= 0.6 is 34.4 Å². The molecule has 2 saturated heterocycles. The van der Waals surface area contributed by atoms with Gasteiger partial charge in [-0.15, -0.1) is 0 Å². The topological polar surface area (TPSA) is 76.2 Å². The van der Waals surface area contributed by atoms with Gasteiger partial charge in [0.2, 0.25) is 5.91 Å². The van der Waals surface area contributed by atoms with Crippen molar-refractivity contribution in [2.75, 3.05) is 26.7 Å². The van der Waals surface area contributed by atoms with Crippen molar-refractivity contribution in [1.29, 1.82) is 0 Å². The van der Waals surface area contributed by atoms with Crippen molar-refractivity contribution in [3.63, 3.8) is 0 Å². The van der Waals surface area contributed by atoms with Gasteiger partial charge in [-0.3, -0.25) is 19.3 Å². The number of hydrogen-bond acceptors (Lipinski definition) is 6. The summed E-state index contributed by atoms with van der Waals surface area (Å²) in [5, 5.41) is -0.425. The molecule has 2 fully saturated rings. The van der Waals surface area contributed by atoms with Crippen molar-refractivity contribution in [1.82, 2.24) is 9.80 Å². The van der Waals surface area contributed by atoms with Crippen LogP contribution in [0, 0.1) is 3.57 Å². The molecule has 0 unspecified atom stereocenters. The minimum Gasteiger partial charge on any atom is -0.493 e. The highest BCUT2D eigenvalue weighted by atomic mass is 127. The third-order valence-corrected chi connectivity index (χ3v) is 7.30. The van der Waals surface area contributed by atoms with Gasteiger partial charge in [0, 0.05) is 16.7 Å². The van der Waals surface area contributed by atoms with Crippen LogP contribution in [0.3, 0.4) is 0 Å².